The number of likely N-dealkylation sites (N-methyl/N-ethyl adjacent to an activating group) is 1. The molecule has 1 saturated carbocycles. The molecule has 226 valence electrons. The molecule has 2 aromatic carbocycles. The van der Waals surface area contributed by atoms with Crippen LogP contribution in [-0.2, 0) is 19.2 Å². The molecule has 0 aromatic heterocycles. The number of amides is 2. The predicted octanol–water partition coefficient (Wildman–Crippen LogP) is 1.57. The molecule has 0 heterocycles. The number of primary amides is 1. The number of Topliss-reactive ketones (excluding diaryl/α,β-unsaturated/α-hetero) is 2. The molecule has 5 unspecified atom stereocenters. The molecule has 3 aliphatic carbocycles. The van der Waals surface area contributed by atoms with E-state index in [1.807, 2.05) is 0 Å². The van der Waals surface area contributed by atoms with Gasteiger partial charge in [0.2, 0.25) is 11.7 Å². The number of nitrogens with two attached hydrogens (primary N) is 1. The van der Waals surface area contributed by atoms with Crippen LogP contribution in [0.2, 0.25) is 0 Å². The number of rotatable bonds is 5. The summed E-state index contributed by atoms with van der Waals surface area (Å²) in [6.07, 6.45) is -1.70. The van der Waals surface area contributed by atoms with Crippen LogP contribution in [-0.4, -0.2) is 85.7 Å². The van der Waals surface area contributed by atoms with Gasteiger partial charge in [-0.1, -0.05) is 59.3 Å². The molecule has 0 spiro atoms. The van der Waals surface area contributed by atoms with E-state index in [2.05, 4.69) is 21.2 Å². The Labute approximate surface area is 254 Å². The molecule has 8 N–H and O–H groups in total. The average molecular weight is 656 g/mol. The van der Waals surface area contributed by atoms with Crippen molar-refractivity contribution in [3.63, 3.8) is 0 Å². The van der Waals surface area contributed by atoms with Crippen LogP contribution in [0.15, 0.2) is 59.4 Å². The summed E-state index contributed by atoms with van der Waals surface area (Å²) in [5, 5.41) is 59.8. The maximum atomic E-state index is 14.1. The van der Waals surface area contributed by atoms with Crippen LogP contribution in [0.5, 0.6) is 5.75 Å². The number of phenols is 1. The maximum Gasteiger partial charge on any atom is 0.255 e. The molecule has 0 saturated heterocycles. The number of halogens is 1. The number of aliphatic hydroxyl groups excluding tert-OH is 3. The van der Waals surface area contributed by atoms with Crippen molar-refractivity contribution < 1.29 is 44.7 Å². The van der Waals surface area contributed by atoms with E-state index in [9.17, 15) is 44.7 Å². The zero-order valence-electron chi connectivity index (χ0n) is 23.3. The largest absolute Gasteiger partial charge is 0.508 e. The van der Waals surface area contributed by atoms with Crippen LogP contribution in [0.25, 0.3) is 5.76 Å². The second kappa shape index (κ2) is 10.6. The Bertz CT molecular complexity index is 1640. The SMILES string of the molecule is CC1c2ccc(NC(=O)C(Br)c3ccccc3)c(O)c2C(O)=C2C(=O)[C@]3(O)C(O)=C(C(N)=O)C(=O)[C@@H](N(C)C)C3C(O)C21. The molecule has 2 aromatic rings. The highest BCUT2D eigenvalue weighted by Gasteiger charge is 2.68. The highest BCUT2D eigenvalue weighted by atomic mass is 79.9. The number of benzene rings is 2. The zero-order chi connectivity index (χ0) is 31.7. The highest BCUT2D eigenvalue weighted by Crippen LogP contribution is 2.56. The molecular weight excluding hydrogens is 626 g/mol. The van der Waals surface area contributed by atoms with Gasteiger partial charge in [-0.05, 0) is 37.2 Å². The number of alkyl halides is 1. The van der Waals surface area contributed by atoms with Crippen LogP contribution in [0.1, 0.15) is 34.4 Å². The molecular formula is C30H30BrN3O9. The molecule has 1 fully saturated rings. The van der Waals surface area contributed by atoms with E-state index in [-0.39, 0.29) is 11.3 Å². The number of aliphatic hydroxyl groups is 4. The Morgan fingerprint density at radius 2 is 1.70 bits per heavy atom. The van der Waals surface area contributed by atoms with E-state index >= 15 is 0 Å². The van der Waals surface area contributed by atoms with Gasteiger partial charge >= 0.3 is 0 Å². The van der Waals surface area contributed by atoms with E-state index in [0.29, 0.717) is 11.1 Å². The molecule has 0 bridgehead atoms. The summed E-state index contributed by atoms with van der Waals surface area (Å²) in [6, 6.07) is 10.3. The standard InChI is InChI=1S/C30H30BrN3O9/c1-11-13-9-10-14(33-29(42)20(31)12-7-5-4-6-8-12)22(35)16(13)23(36)17-15(11)24(37)19-21(34(2)3)25(38)18(28(32)41)27(40)30(19,43)26(17)39/h4-11,15,19-21,24,35-37,40,43H,1-3H3,(H2,32,41)(H,33,42)/t11?,15?,19?,20?,21-,24?,30-/m0/s1. The van der Waals surface area contributed by atoms with Crippen LogP contribution in [0.4, 0.5) is 5.69 Å². The van der Waals surface area contributed by atoms with E-state index in [4.69, 9.17) is 5.73 Å². The summed E-state index contributed by atoms with van der Waals surface area (Å²) >= 11 is 3.33. The molecule has 2 amide bonds. The van der Waals surface area contributed by atoms with Gasteiger partial charge in [0, 0.05) is 11.5 Å². The van der Waals surface area contributed by atoms with Gasteiger partial charge in [-0.3, -0.25) is 24.1 Å². The normalized spacial score (nSPS) is 29.1. The Morgan fingerprint density at radius 1 is 1.07 bits per heavy atom. The minimum absolute atomic E-state index is 0.0861. The second-order valence-corrected chi connectivity index (χ2v) is 12.2. The Kier molecular flexibility index (Phi) is 7.49. The number of carbonyl (C=O) groups is 4. The van der Waals surface area contributed by atoms with Crippen molar-refractivity contribution >= 4 is 50.8 Å². The van der Waals surface area contributed by atoms with Crippen LogP contribution < -0.4 is 11.1 Å². The van der Waals surface area contributed by atoms with Gasteiger partial charge in [0.25, 0.3) is 5.91 Å². The quantitative estimate of drug-likeness (QED) is 0.140. The third-order valence-electron chi connectivity index (χ3n) is 8.71. The van der Waals surface area contributed by atoms with E-state index in [0.717, 1.165) is 0 Å². The molecule has 5 rings (SSSR count). The monoisotopic (exact) mass is 655 g/mol. The fourth-order valence-electron chi connectivity index (χ4n) is 6.69. The molecule has 3 aliphatic rings. The minimum atomic E-state index is -3.01. The Hall–Kier alpha value is -4.04. The van der Waals surface area contributed by atoms with Crippen molar-refractivity contribution in [1.29, 1.82) is 0 Å². The van der Waals surface area contributed by atoms with Crippen molar-refractivity contribution in [3.8, 4) is 5.75 Å². The lowest BCUT2D eigenvalue weighted by Gasteiger charge is -2.53. The number of hydrogen-bond donors (Lipinski definition) is 7. The van der Waals surface area contributed by atoms with Crippen LogP contribution in [0, 0.1) is 11.8 Å². The number of ketones is 2. The number of nitrogens with zero attached hydrogens (tertiary/aromatic N) is 1. The topological polar surface area (TPSA) is 211 Å². The molecule has 12 nitrogen and oxygen atoms in total. The number of nitrogens with one attached hydrogen (secondary N) is 1. The first kappa shape index (κ1) is 30.4. The van der Waals surface area contributed by atoms with E-state index < -0.39 is 92.1 Å². The second-order valence-electron chi connectivity index (χ2n) is 11.2. The number of phenolic OH excluding ortho intramolecular Hbond substituents is 1. The van der Waals surface area contributed by atoms with Gasteiger partial charge in [0.05, 0.1) is 29.3 Å². The minimum Gasteiger partial charge on any atom is -0.508 e. The first-order valence-electron chi connectivity index (χ1n) is 13.3. The highest BCUT2D eigenvalue weighted by molar-refractivity contribution is 9.09. The number of hydrogen-bond acceptors (Lipinski definition) is 10. The predicted molar refractivity (Wildman–Crippen MR) is 157 cm³/mol. The Morgan fingerprint density at radius 3 is 2.28 bits per heavy atom. The van der Waals surface area contributed by atoms with Crippen molar-refractivity contribution in [2.45, 2.75) is 35.4 Å². The molecule has 7 atom stereocenters. The fourth-order valence-corrected chi connectivity index (χ4v) is 7.11. The van der Waals surface area contributed by atoms with E-state index in [1.165, 1.54) is 31.1 Å². The first-order chi connectivity index (χ1) is 20.2. The summed E-state index contributed by atoms with van der Waals surface area (Å²) < 4.78 is 0. The van der Waals surface area contributed by atoms with Gasteiger partial charge in [0.15, 0.2) is 11.4 Å². The van der Waals surface area contributed by atoms with Crippen molar-refractivity contribution in [3.05, 3.63) is 76.1 Å². The maximum absolute atomic E-state index is 14.1. The number of fused-ring (bicyclic) bond motifs is 3. The lowest BCUT2D eigenvalue weighted by atomic mass is 9.54. The summed E-state index contributed by atoms with van der Waals surface area (Å²) in [4.78, 5) is 53.0. The number of aromatic hydroxyl groups is 1. The first-order valence-corrected chi connectivity index (χ1v) is 14.3. The third kappa shape index (κ3) is 4.29. The van der Waals surface area contributed by atoms with Gasteiger partial charge in [-0.15, -0.1) is 0 Å². The zero-order valence-corrected chi connectivity index (χ0v) is 24.9. The fraction of sp³-hybridized carbons (Fsp3) is 0.333. The van der Waals surface area contributed by atoms with Gasteiger partial charge in [-0.25, -0.2) is 0 Å². The summed E-state index contributed by atoms with van der Waals surface area (Å²) in [6.45, 7) is 1.62. The molecule has 0 radical (unpaired) electrons. The smallest absolute Gasteiger partial charge is 0.255 e. The lowest BCUT2D eigenvalue weighted by molar-refractivity contribution is -0.169. The van der Waals surface area contributed by atoms with Crippen molar-refractivity contribution in [2.24, 2.45) is 17.6 Å². The number of carbonyl (C=O) groups excluding carboxylic acids is 4. The molecule has 13 heteroatoms. The van der Waals surface area contributed by atoms with E-state index in [1.54, 1.807) is 37.3 Å². The van der Waals surface area contributed by atoms with Crippen LogP contribution >= 0.6 is 15.9 Å². The van der Waals surface area contributed by atoms with Gasteiger partial charge < -0.3 is 36.6 Å². The van der Waals surface area contributed by atoms with Crippen LogP contribution in [0.3, 0.4) is 0 Å². The summed E-state index contributed by atoms with van der Waals surface area (Å²) in [7, 11) is 2.87. The van der Waals surface area contributed by atoms with Gasteiger partial charge in [0.1, 0.15) is 27.7 Å². The lowest BCUT2D eigenvalue weighted by Crippen LogP contribution is -2.70. The average Bonchev–Trinajstić information content (AvgIpc) is 2.95. The summed E-state index contributed by atoms with van der Waals surface area (Å²) in [5.74, 6) is -10.4. The van der Waals surface area contributed by atoms with Crippen molar-refractivity contribution in [2.75, 3.05) is 19.4 Å². The number of anilines is 1. The molecule has 43 heavy (non-hydrogen) atoms. The molecule has 0 aliphatic heterocycles. The van der Waals surface area contributed by atoms with Gasteiger partial charge in [-0.2, -0.15) is 0 Å². The van der Waals surface area contributed by atoms with Crippen molar-refractivity contribution in [1.82, 2.24) is 4.90 Å². The summed E-state index contributed by atoms with van der Waals surface area (Å²) in [5.41, 5.74) is 1.48. The Balaban J connectivity index is 1.65. The third-order valence-corrected chi connectivity index (χ3v) is 9.65.